The van der Waals surface area contributed by atoms with Gasteiger partial charge in [-0.1, -0.05) is 24.3 Å². The zero-order valence-corrected chi connectivity index (χ0v) is 14.0. The molecule has 0 spiro atoms. The topological polar surface area (TPSA) is 81.3 Å². The molecule has 0 aliphatic rings. The van der Waals surface area contributed by atoms with Crippen molar-refractivity contribution in [2.75, 3.05) is 5.32 Å². The fourth-order valence-electron chi connectivity index (χ4n) is 2.68. The van der Waals surface area contributed by atoms with Crippen LogP contribution in [0.1, 0.15) is 28.8 Å². The molecular formula is C19H18N2O4. The molecule has 2 aromatic carbocycles. The molecule has 0 radical (unpaired) electrons. The molecule has 128 valence electrons. The number of carbonyl (C=O) groups is 2. The quantitative estimate of drug-likeness (QED) is 0.725. The Hall–Kier alpha value is -3.15. The number of hydrogen-bond donors (Lipinski definition) is 1. The maximum atomic E-state index is 12.2. The monoisotopic (exact) mass is 338 g/mol. The number of hydrogen-bond acceptors (Lipinski definition) is 4. The molecule has 0 saturated carbocycles. The van der Waals surface area contributed by atoms with Gasteiger partial charge in [-0.15, -0.1) is 0 Å². The number of benzene rings is 2. The number of fused-ring (bicyclic) bond motifs is 1. The normalized spacial score (nSPS) is 10.8. The molecule has 0 fully saturated rings. The van der Waals surface area contributed by atoms with Gasteiger partial charge in [0.15, 0.2) is 11.4 Å². The number of aryl methyl sites for hydroxylation is 2. The molecule has 1 amide bonds. The lowest BCUT2D eigenvalue weighted by Crippen LogP contribution is -2.13. The summed E-state index contributed by atoms with van der Waals surface area (Å²) >= 11 is 0. The average molecular weight is 338 g/mol. The molecule has 0 saturated heterocycles. The Balaban J connectivity index is 1.64. The number of Topliss-reactive ketones (excluding diaryl/α,β-unsaturated/α-hetero) is 1. The van der Waals surface area contributed by atoms with Crippen molar-refractivity contribution in [1.82, 2.24) is 4.57 Å². The van der Waals surface area contributed by atoms with Crippen LogP contribution in [0.5, 0.6) is 0 Å². The Morgan fingerprint density at radius 3 is 2.64 bits per heavy atom. The minimum absolute atomic E-state index is 0.0576. The fraction of sp³-hybridized carbons (Fsp3) is 0.211. The van der Waals surface area contributed by atoms with Gasteiger partial charge in [-0.3, -0.25) is 14.2 Å². The number of carbonyl (C=O) groups excluding carboxylic acids is 2. The third-order valence-electron chi connectivity index (χ3n) is 4.10. The number of nitrogens with one attached hydrogen (secondary N) is 1. The van der Waals surface area contributed by atoms with E-state index in [0.29, 0.717) is 22.4 Å². The first kappa shape index (κ1) is 16.7. The molecule has 1 N–H and O–H groups in total. The van der Waals surface area contributed by atoms with Crippen LogP contribution in [0.2, 0.25) is 0 Å². The van der Waals surface area contributed by atoms with E-state index in [0.717, 1.165) is 5.56 Å². The fourth-order valence-corrected chi connectivity index (χ4v) is 2.68. The first-order valence-electron chi connectivity index (χ1n) is 7.94. The SMILES string of the molecule is Cc1ccccc1C(=O)CCC(=O)Nc1ccc2c(c1)oc(=O)n2C. The number of amides is 1. The van der Waals surface area contributed by atoms with E-state index in [1.165, 1.54) is 4.57 Å². The number of rotatable bonds is 5. The van der Waals surface area contributed by atoms with Crippen molar-refractivity contribution in [3.05, 3.63) is 64.1 Å². The van der Waals surface area contributed by atoms with E-state index >= 15 is 0 Å². The van der Waals surface area contributed by atoms with Crippen LogP contribution in [0.15, 0.2) is 51.7 Å². The first-order chi connectivity index (χ1) is 12.0. The number of aromatic nitrogens is 1. The molecule has 0 unspecified atom stereocenters. The van der Waals surface area contributed by atoms with Crippen LogP contribution in [0.3, 0.4) is 0 Å². The van der Waals surface area contributed by atoms with Gasteiger partial charge in [-0.25, -0.2) is 4.79 Å². The van der Waals surface area contributed by atoms with Gasteiger partial charge < -0.3 is 9.73 Å². The Bertz CT molecular complexity index is 1010. The zero-order valence-electron chi connectivity index (χ0n) is 14.0. The van der Waals surface area contributed by atoms with E-state index < -0.39 is 5.76 Å². The number of ketones is 1. The summed E-state index contributed by atoms with van der Waals surface area (Å²) < 4.78 is 6.48. The van der Waals surface area contributed by atoms with Gasteiger partial charge in [0.05, 0.1) is 5.52 Å². The smallest absolute Gasteiger partial charge is 0.408 e. The summed E-state index contributed by atoms with van der Waals surface area (Å²) in [5, 5.41) is 2.72. The third-order valence-corrected chi connectivity index (χ3v) is 4.10. The standard InChI is InChI=1S/C19H18N2O4/c1-12-5-3-4-6-14(12)16(22)9-10-18(23)20-13-7-8-15-17(11-13)25-19(24)21(15)2/h3-8,11H,9-10H2,1-2H3,(H,20,23). The summed E-state index contributed by atoms with van der Waals surface area (Å²) in [6.45, 7) is 1.87. The van der Waals surface area contributed by atoms with Crippen LogP contribution in [-0.2, 0) is 11.8 Å². The molecule has 1 heterocycles. The van der Waals surface area contributed by atoms with Crippen LogP contribution in [0.25, 0.3) is 11.1 Å². The highest BCUT2D eigenvalue weighted by molar-refractivity contribution is 6.01. The first-order valence-corrected chi connectivity index (χ1v) is 7.94. The van der Waals surface area contributed by atoms with Gasteiger partial charge >= 0.3 is 5.76 Å². The lowest BCUT2D eigenvalue weighted by molar-refractivity contribution is -0.116. The molecule has 0 bridgehead atoms. The van der Waals surface area contributed by atoms with Gasteiger partial charge in [-0.2, -0.15) is 0 Å². The van der Waals surface area contributed by atoms with Crippen LogP contribution in [-0.4, -0.2) is 16.3 Å². The van der Waals surface area contributed by atoms with Gasteiger partial charge in [0.1, 0.15) is 0 Å². The summed E-state index contributed by atoms with van der Waals surface area (Å²) in [7, 11) is 1.61. The molecular weight excluding hydrogens is 320 g/mol. The lowest BCUT2D eigenvalue weighted by Gasteiger charge is -2.06. The highest BCUT2D eigenvalue weighted by Crippen LogP contribution is 2.18. The Morgan fingerprint density at radius 2 is 1.88 bits per heavy atom. The summed E-state index contributed by atoms with van der Waals surface area (Å²) in [5.41, 5.74) is 3.12. The molecule has 3 rings (SSSR count). The second-order valence-electron chi connectivity index (χ2n) is 5.90. The largest absolute Gasteiger partial charge is 0.419 e. The highest BCUT2D eigenvalue weighted by Gasteiger charge is 2.12. The van der Waals surface area contributed by atoms with Crippen molar-refractivity contribution in [1.29, 1.82) is 0 Å². The predicted octanol–water partition coefficient (Wildman–Crippen LogP) is 3.04. The number of nitrogens with zero attached hydrogens (tertiary/aromatic N) is 1. The number of anilines is 1. The molecule has 6 heteroatoms. The molecule has 3 aromatic rings. The van der Waals surface area contributed by atoms with Crippen LogP contribution in [0.4, 0.5) is 5.69 Å². The van der Waals surface area contributed by atoms with E-state index in [2.05, 4.69) is 5.32 Å². The predicted molar refractivity (Wildman–Crippen MR) is 94.8 cm³/mol. The van der Waals surface area contributed by atoms with E-state index in [1.807, 2.05) is 25.1 Å². The summed E-state index contributed by atoms with van der Waals surface area (Å²) in [4.78, 5) is 35.8. The molecule has 1 aromatic heterocycles. The summed E-state index contributed by atoms with van der Waals surface area (Å²) in [6.07, 6.45) is 0.225. The van der Waals surface area contributed by atoms with Gasteiger partial charge in [0.2, 0.25) is 5.91 Å². The van der Waals surface area contributed by atoms with Crippen LogP contribution in [0, 0.1) is 6.92 Å². The van der Waals surface area contributed by atoms with Crippen LogP contribution < -0.4 is 11.1 Å². The molecule has 0 aliphatic heterocycles. The third kappa shape index (κ3) is 3.52. The summed E-state index contributed by atoms with van der Waals surface area (Å²) in [5.74, 6) is -0.778. The van der Waals surface area contributed by atoms with Gasteiger partial charge in [0, 0.05) is 37.2 Å². The van der Waals surface area contributed by atoms with Crippen molar-refractivity contribution < 1.29 is 14.0 Å². The van der Waals surface area contributed by atoms with E-state index in [9.17, 15) is 14.4 Å². The van der Waals surface area contributed by atoms with E-state index in [4.69, 9.17) is 4.42 Å². The Morgan fingerprint density at radius 1 is 1.12 bits per heavy atom. The van der Waals surface area contributed by atoms with Crippen molar-refractivity contribution >= 4 is 28.5 Å². The number of oxazole rings is 1. The van der Waals surface area contributed by atoms with Crippen molar-refractivity contribution in [3.63, 3.8) is 0 Å². The van der Waals surface area contributed by atoms with Crippen molar-refractivity contribution in [2.45, 2.75) is 19.8 Å². The second kappa shape index (κ2) is 6.76. The van der Waals surface area contributed by atoms with Gasteiger partial charge in [0.25, 0.3) is 0 Å². The Kier molecular flexibility index (Phi) is 4.52. The minimum atomic E-state index is -0.456. The van der Waals surface area contributed by atoms with Crippen molar-refractivity contribution in [2.24, 2.45) is 7.05 Å². The van der Waals surface area contributed by atoms with Gasteiger partial charge in [-0.05, 0) is 24.6 Å². The minimum Gasteiger partial charge on any atom is -0.408 e. The molecule has 6 nitrogen and oxygen atoms in total. The van der Waals surface area contributed by atoms with E-state index in [-0.39, 0.29) is 24.5 Å². The second-order valence-corrected chi connectivity index (χ2v) is 5.90. The maximum absolute atomic E-state index is 12.2. The highest BCUT2D eigenvalue weighted by atomic mass is 16.4. The zero-order chi connectivity index (χ0) is 18.0. The average Bonchev–Trinajstić information content (AvgIpc) is 2.87. The summed E-state index contributed by atoms with van der Waals surface area (Å²) in [6, 6.07) is 12.3. The lowest BCUT2D eigenvalue weighted by atomic mass is 10.0. The van der Waals surface area contributed by atoms with E-state index in [1.54, 1.807) is 31.3 Å². The molecule has 25 heavy (non-hydrogen) atoms. The van der Waals surface area contributed by atoms with Crippen LogP contribution >= 0.6 is 0 Å². The molecule has 0 atom stereocenters. The Labute approximate surface area is 144 Å². The van der Waals surface area contributed by atoms with Crippen molar-refractivity contribution in [3.8, 4) is 0 Å². The maximum Gasteiger partial charge on any atom is 0.419 e. The molecule has 0 aliphatic carbocycles.